The van der Waals surface area contributed by atoms with Crippen LogP contribution >= 0.6 is 11.6 Å². The Morgan fingerprint density at radius 3 is 2.48 bits per heavy atom. The maximum Gasteiger partial charge on any atom is 0.355 e. The number of unbranched alkanes of at least 4 members (excludes halogenated alkanes) is 1. The molecule has 1 atom stereocenters. The fraction of sp³-hybridized carbons (Fsp3) is 0.450. The number of aromatic nitrogens is 2. The maximum atomic E-state index is 12.9. The van der Waals surface area contributed by atoms with Gasteiger partial charge in [0, 0.05) is 19.5 Å². The fourth-order valence-electron chi connectivity index (χ4n) is 3.73. The van der Waals surface area contributed by atoms with Crippen LogP contribution in [0.3, 0.4) is 0 Å². The first-order valence-electron chi connectivity index (χ1n) is 9.98. The molecule has 1 unspecified atom stereocenters. The third kappa shape index (κ3) is 4.76. The van der Waals surface area contributed by atoms with Gasteiger partial charge in [-0.1, -0.05) is 37.1 Å². The Morgan fingerprint density at radius 1 is 1.23 bits per heavy atom. The molecule has 1 saturated heterocycles. The Balaban J connectivity index is 1.88. The number of carbonyl (C=O) groups is 2. The molecule has 1 aliphatic heterocycles. The fourth-order valence-corrected chi connectivity index (χ4v) is 5.66. The van der Waals surface area contributed by atoms with Crippen molar-refractivity contribution in [1.29, 1.82) is 0 Å². The second kappa shape index (κ2) is 9.37. The van der Waals surface area contributed by atoms with Gasteiger partial charge in [0.2, 0.25) is 10.0 Å². The highest BCUT2D eigenvalue weighted by molar-refractivity contribution is 7.89. The number of benzene rings is 1. The van der Waals surface area contributed by atoms with Gasteiger partial charge in [-0.3, -0.25) is 4.79 Å². The highest BCUT2D eigenvalue weighted by atomic mass is 35.5. The highest BCUT2D eigenvalue weighted by Gasteiger charge is 2.39. The average molecular weight is 470 g/mol. The number of imidazole rings is 1. The Hall–Kier alpha value is -2.43. The first kappa shape index (κ1) is 23.2. The summed E-state index contributed by atoms with van der Waals surface area (Å²) in [6, 6.07) is 4.93. The Bertz CT molecular complexity index is 1080. The predicted molar refractivity (Wildman–Crippen MR) is 113 cm³/mol. The number of aliphatic carboxylic acids is 1. The molecule has 2 aromatic rings. The lowest BCUT2D eigenvalue weighted by Crippen LogP contribution is -2.40. The van der Waals surface area contributed by atoms with E-state index in [1.165, 1.54) is 16.7 Å². The average Bonchev–Trinajstić information content (AvgIpc) is 3.32. The van der Waals surface area contributed by atoms with Crippen LogP contribution in [-0.2, 0) is 27.8 Å². The summed E-state index contributed by atoms with van der Waals surface area (Å²) in [4.78, 5) is 27.2. The van der Waals surface area contributed by atoms with E-state index in [1.807, 2.05) is 6.92 Å². The number of hydrogen-bond donors (Lipinski definition) is 2. The van der Waals surface area contributed by atoms with E-state index in [9.17, 15) is 28.2 Å². The number of carboxylic acids is 2. The van der Waals surface area contributed by atoms with Crippen LogP contribution in [0.15, 0.2) is 29.2 Å². The molecule has 1 fully saturated rings. The number of rotatable bonds is 9. The highest BCUT2D eigenvalue weighted by Crippen LogP contribution is 2.27. The van der Waals surface area contributed by atoms with Gasteiger partial charge < -0.3 is 14.8 Å². The summed E-state index contributed by atoms with van der Waals surface area (Å²) in [6.07, 6.45) is 3.08. The third-order valence-corrected chi connectivity index (χ3v) is 7.51. The molecule has 1 aromatic heterocycles. The van der Waals surface area contributed by atoms with Crippen LogP contribution in [0, 0.1) is 0 Å². The van der Waals surface area contributed by atoms with Gasteiger partial charge in [-0.05, 0) is 37.0 Å². The van der Waals surface area contributed by atoms with Crippen molar-refractivity contribution in [3.8, 4) is 0 Å². The van der Waals surface area contributed by atoms with Gasteiger partial charge in [0.05, 0.1) is 4.90 Å². The van der Waals surface area contributed by atoms with Gasteiger partial charge in [0.1, 0.15) is 11.9 Å². The van der Waals surface area contributed by atoms with Crippen LogP contribution in [-0.4, -0.2) is 57.0 Å². The molecule has 3 rings (SSSR count). The van der Waals surface area contributed by atoms with Gasteiger partial charge in [0.15, 0.2) is 10.8 Å². The molecule has 1 aliphatic rings. The lowest BCUT2D eigenvalue weighted by atomic mass is 10.2. The van der Waals surface area contributed by atoms with Crippen molar-refractivity contribution in [1.82, 2.24) is 13.9 Å². The van der Waals surface area contributed by atoms with Gasteiger partial charge >= 0.3 is 11.9 Å². The van der Waals surface area contributed by atoms with E-state index in [4.69, 9.17) is 11.6 Å². The van der Waals surface area contributed by atoms with Crippen LogP contribution in [0.1, 0.15) is 54.5 Å². The van der Waals surface area contributed by atoms with Crippen molar-refractivity contribution in [2.24, 2.45) is 0 Å². The van der Waals surface area contributed by atoms with Crippen LogP contribution in [0.25, 0.3) is 0 Å². The second-order valence-electron chi connectivity index (χ2n) is 7.42. The molecular weight excluding hydrogens is 446 g/mol. The second-order valence-corrected chi connectivity index (χ2v) is 9.67. The first-order valence-corrected chi connectivity index (χ1v) is 11.8. The van der Waals surface area contributed by atoms with Gasteiger partial charge in [-0.2, -0.15) is 4.31 Å². The largest absolute Gasteiger partial charge is 0.480 e. The molecule has 9 nitrogen and oxygen atoms in total. The SMILES string of the molecule is CCCCc1nc(Cl)c(C(=O)O)n1Cc1ccc(S(=O)(=O)N2CCCC2C(=O)O)cc1. The summed E-state index contributed by atoms with van der Waals surface area (Å²) in [5, 5.41) is 18.7. The monoisotopic (exact) mass is 469 g/mol. The molecule has 0 aliphatic carbocycles. The number of nitrogens with zero attached hydrogens (tertiary/aromatic N) is 3. The summed E-state index contributed by atoms with van der Waals surface area (Å²) in [6.45, 7) is 2.35. The molecule has 11 heteroatoms. The molecule has 0 saturated carbocycles. The van der Waals surface area contributed by atoms with Crippen LogP contribution in [0.2, 0.25) is 5.15 Å². The Kier molecular flexibility index (Phi) is 7.03. The number of sulfonamides is 1. The number of aromatic carboxylic acids is 1. The molecule has 0 spiro atoms. The standard InChI is InChI=1S/C20H24ClN3O6S/c1-2-3-6-16-22-18(21)17(20(27)28)23(16)12-13-7-9-14(10-8-13)31(29,30)24-11-4-5-15(24)19(25)26/h7-10,15H,2-6,11-12H2,1H3,(H,25,26)(H,27,28). The molecule has 0 radical (unpaired) electrons. The van der Waals surface area contributed by atoms with E-state index in [2.05, 4.69) is 4.98 Å². The zero-order chi connectivity index (χ0) is 22.8. The maximum absolute atomic E-state index is 12.9. The minimum Gasteiger partial charge on any atom is -0.480 e. The zero-order valence-corrected chi connectivity index (χ0v) is 18.6. The van der Waals surface area contributed by atoms with Crippen LogP contribution in [0.5, 0.6) is 0 Å². The molecule has 168 valence electrons. The van der Waals surface area contributed by atoms with Crippen molar-refractivity contribution in [3.05, 3.63) is 46.5 Å². The van der Waals surface area contributed by atoms with E-state index in [0.717, 1.165) is 17.1 Å². The molecule has 0 bridgehead atoms. The number of halogens is 1. The molecule has 0 amide bonds. The number of carboxylic acid groups (broad SMARTS) is 2. The molecule has 2 heterocycles. The smallest absolute Gasteiger partial charge is 0.355 e. The van der Waals surface area contributed by atoms with Crippen molar-refractivity contribution in [2.75, 3.05) is 6.54 Å². The van der Waals surface area contributed by atoms with Crippen molar-refractivity contribution >= 4 is 33.6 Å². The zero-order valence-electron chi connectivity index (χ0n) is 17.0. The predicted octanol–water partition coefficient (Wildman–Crippen LogP) is 2.86. The number of hydrogen-bond acceptors (Lipinski definition) is 5. The van der Waals surface area contributed by atoms with E-state index in [-0.39, 0.29) is 35.3 Å². The quantitative estimate of drug-likeness (QED) is 0.577. The topological polar surface area (TPSA) is 130 Å². The normalized spacial score (nSPS) is 17.2. The Morgan fingerprint density at radius 2 is 1.90 bits per heavy atom. The summed E-state index contributed by atoms with van der Waals surface area (Å²) >= 11 is 6.04. The minimum absolute atomic E-state index is 0.00210. The van der Waals surface area contributed by atoms with Crippen LogP contribution < -0.4 is 0 Å². The molecule has 1 aromatic carbocycles. The van der Waals surface area contributed by atoms with Crippen molar-refractivity contribution < 1.29 is 28.2 Å². The van der Waals surface area contributed by atoms with Crippen molar-refractivity contribution in [3.63, 3.8) is 0 Å². The van der Waals surface area contributed by atoms with Gasteiger partial charge in [-0.25, -0.2) is 18.2 Å². The lowest BCUT2D eigenvalue weighted by molar-refractivity contribution is -0.140. The molecule has 31 heavy (non-hydrogen) atoms. The van der Waals surface area contributed by atoms with E-state index in [1.54, 1.807) is 12.1 Å². The minimum atomic E-state index is -3.94. The number of aryl methyl sites for hydroxylation is 1. The van der Waals surface area contributed by atoms with Crippen LogP contribution in [0.4, 0.5) is 0 Å². The summed E-state index contributed by atoms with van der Waals surface area (Å²) in [7, 11) is -3.94. The summed E-state index contributed by atoms with van der Waals surface area (Å²) in [5.74, 6) is -1.79. The third-order valence-electron chi connectivity index (χ3n) is 5.32. The first-order chi connectivity index (χ1) is 14.7. The summed E-state index contributed by atoms with van der Waals surface area (Å²) < 4.78 is 28.3. The van der Waals surface area contributed by atoms with E-state index < -0.39 is 28.0 Å². The van der Waals surface area contributed by atoms with Gasteiger partial charge in [0.25, 0.3) is 0 Å². The van der Waals surface area contributed by atoms with Crippen molar-refractivity contribution in [2.45, 2.75) is 56.5 Å². The molecule has 2 N–H and O–H groups in total. The Labute approximate surface area is 185 Å². The molecular formula is C20H24ClN3O6S. The van der Waals surface area contributed by atoms with E-state index >= 15 is 0 Å². The summed E-state index contributed by atoms with van der Waals surface area (Å²) in [5.41, 5.74) is 0.565. The van der Waals surface area contributed by atoms with Gasteiger partial charge in [-0.15, -0.1) is 0 Å². The lowest BCUT2D eigenvalue weighted by Gasteiger charge is -2.21. The van der Waals surface area contributed by atoms with E-state index in [0.29, 0.717) is 24.2 Å².